The van der Waals surface area contributed by atoms with E-state index in [-0.39, 0.29) is 101 Å². The molecule has 0 bridgehead atoms. The Morgan fingerprint density at radius 1 is 0.944 bits per heavy atom. The molecule has 0 heterocycles. The van der Waals surface area contributed by atoms with Crippen molar-refractivity contribution in [3.05, 3.63) is 0 Å². The minimum atomic E-state index is -2.66. The van der Waals surface area contributed by atoms with E-state index in [1.165, 1.54) is 0 Å². The molecule has 0 unspecified atom stereocenters. The van der Waals surface area contributed by atoms with E-state index in [2.05, 4.69) is 10.7 Å². The Hall–Kier alpha value is 1.62. The summed E-state index contributed by atoms with van der Waals surface area (Å²) in [6, 6.07) is 0. The van der Waals surface area contributed by atoms with Crippen molar-refractivity contribution in [3.8, 4) is 0 Å². The van der Waals surface area contributed by atoms with Gasteiger partial charge in [0, 0.05) is 24.8 Å². The molecule has 0 aromatic heterocycles. The van der Waals surface area contributed by atoms with Gasteiger partial charge in [-0.25, -0.2) is 5.90 Å². The van der Waals surface area contributed by atoms with E-state index in [0.29, 0.717) is 0 Å². The number of hydrogen-bond acceptors (Lipinski definition) is 8. The topological polar surface area (TPSA) is 156 Å². The van der Waals surface area contributed by atoms with Gasteiger partial charge in [0.2, 0.25) is 0 Å². The SMILES string of the molecule is Cl.NOC(CC(=O)[O-])(CC(=O)[O-])C(=O)[O-].[Na+].[Na+].[Na+]. The summed E-state index contributed by atoms with van der Waals surface area (Å²) in [5, 5.41) is 30.6. The van der Waals surface area contributed by atoms with Gasteiger partial charge in [0.25, 0.3) is 0 Å². The van der Waals surface area contributed by atoms with Crippen LogP contribution in [0.4, 0.5) is 0 Å². The van der Waals surface area contributed by atoms with Gasteiger partial charge in [0.1, 0.15) is 5.60 Å². The van der Waals surface area contributed by atoms with Gasteiger partial charge >= 0.3 is 88.7 Å². The molecule has 0 spiro atoms. The summed E-state index contributed by atoms with van der Waals surface area (Å²) in [6.07, 6.45) is -2.47. The molecule has 0 aliphatic carbocycles. The zero-order chi connectivity index (χ0) is 11.4. The Kier molecular flexibility index (Phi) is 26.6. The fourth-order valence-electron chi connectivity index (χ4n) is 0.805. The Morgan fingerprint density at radius 2 is 1.22 bits per heavy atom. The van der Waals surface area contributed by atoms with E-state index in [0.717, 1.165) is 0 Å². The van der Waals surface area contributed by atoms with Crippen LogP contribution in [0.25, 0.3) is 0 Å². The summed E-state index contributed by atoms with van der Waals surface area (Å²) >= 11 is 0. The third-order valence-corrected chi connectivity index (χ3v) is 1.46. The smallest absolute Gasteiger partial charge is 0.550 e. The van der Waals surface area contributed by atoms with Gasteiger partial charge in [0.05, 0.1) is 5.97 Å². The number of carboxylic acids is 3. The zero-order valence-corrected chi connectivity index (χ0v) is 17.1. The molecular weight excluding hydrogens is 302 g/mol. The maximum atomic E-state index is 10.4. The third-order valence-electron chi connectivity index (χ3n) is 1.46. The summed E-state index contributed by atoms with van der Waals surface area (Å²) in [6.45, 7) is 0. The maximum Gasteiger partial charge on any atom is 1.00 e. The first-order chi connectivity index (χ1) is 6.34. The summed E-state index contributed by atoms with van der Waals surface area (Å²) < 4.78 is 0. The van der Waals surface area contributed by atoms with Crippen LogP contribution in [0.1, 0.15) is 12.8 Å². The molecule has 0 fully saturated rings. The van der Waals surface area contributed by atoms with Crippen molar-refractivity contribution in [3.63, 3.8) is 0 Å². The largest absolute Gasteiger partial charge is 1.00 e. The van der Waals surface area contributed by atoms with Gasteiger partial charge < -0.3 is 29.7 Å². The first kappa shape index (κ1) is 31.8. The number of rotatable bonds is 6. The number of carbonyl (C=O) groups excluding carboxylic acids is 3. The third kappa shape index (κ3) is 11.4. The second-order valence-electron chi connectivity index (χ2n) is 2.50. The quantitative estimate of drug-likeness (QED) is 0.374. The minimum Gasteiger partial charge on any atom is -0.550 e. The molecule has 2 N–H and O–H groups in total. The van der Waals surface area contributed by atoms with Gasteiger partial charge in [-0.1, -0.05) is 0 Å². The number of hydrogen-bond donors (Lipinski definition) is 1. The molecule has 0 saturated carbocycles. The monoisotopic (exact) mass is 309 g/mol. The molecule has 0 aromatic carbocycles. The van der Waals surface area contributed by atoms with Crippen molar-refractivity contribution in [1.29, 1.82) is 0 Å². The molecule has 0 radical (unpaired) electrons. The second kappa shape index (κ2) is 15.0. The number of nitrogens with two attached hydrogens (primary N) is 1. The van der Waals surface area contributed by atoms with Crippen molar-refractivity contribution >= 4 is 30.3 Å². The van der Waals surface area contributed by atoms with Crippen LogP contribution in [0, 0.1) is 0 Å². The van der Waals surface area contributed by atoms with Gasteiger partial charge in [-0.05, 0) is 0 Å². The molecule has 8 nitrogen and oxygen atoms in total. The van der Waals surface area contributed by atoms with Crippen molar-refractivity contribution in [1.82, 2.24) is 0 Å². The summed E-state index contributed by atoms with van der Waals surface area (Å²) in [7, 11) is 0. The van der Waals surface area contributed by atoms with Crippen LogP contribution in [0.3, 0.4) is 0 Å². The molecule has 18 heavy (non-hydrogen) atoms. The number of aliphatic carboxylic acids is 3. The van der Waals surface area contributed by atoms with Crippen molar-refractivity contribution in [2.45, 2.75) is 18.4 Å². The van der Waals surface area contributed by atoms with E-state index < -0.39 is 36.4 Å². The first-order valence-electron chi connectivity index (χ1n) is 3.33. The molecule has 88 valence electrons. The van der Waals surface area contributed by atoms with Crippen LogP contribution in [-0.2, 0) is 19.2 Å². The van der Waals surface area contributed by atoms with Crippen molar-refractivity contribution in [2.75, 3.05) is 0 Å². The van der Waals surface area contributed by atoms with E-state index in [1.807, 2.05) is 0 Å². The molecule has 0 aliphatic heterocycles. The van der Waals surface area contributed by atoms with Gasteiger partial charge in [-0.3, -0.25) is 4.84 Å². The normalized spacial score (nSPS) is 8.50. The summed E-state index contributed by atoms with van der Waals surface area (Å²) in [5.74, 6) is -1.22. The molecule has 12 heteroatoms. The van der Waals surface area contributed by atoms with E-state index >= 15 is 0 Å². The van der Waals surface area contributed by atoms with Crippen LogP contribution in [0.2, 0.25) is 0 Å². The fraction of sp³-hybridized carbons (Fsp3) is 0.500. The average molecular weight is 310 g/mol. The fourth-order valence-corrected chi connectivity index (χ4v) is 0.805. The van der Waals surface area contributed by atoms with E-state index in [4.69, 9.17) is 0 Å². The molecule has 0 aliphatic rings. The maximum absolute atomic E-state index is 10.4. The van der Waals surface area contributed by atoms with Crippen LogP contribution in [-0.4, -0.2) is 23.5 Å². The number of carboxylic acid groups (broad SMARTS) is 3. The molecule has 0 atom stereocenters. The standard InChI is InChI=1S/C6H9NO7.ClH.3Na/c7-14-6(5(12)13,1-3(8)9)2-4(10)11;;;;/h1-2,7H2,(H,8,9)(H,10,11)(H,12,13);1H;;;/q;;3*+1/p-3. The number of halogens is 1. The van der Waals surface area contributed by atoms with E-state index in [9.17, 15) is 29.7 Å². The first-order valence-corrected chi connectivity index (χ1v) is 3.33. The Morgan fingerprint density at radius 3 is 1.33 bits per heavy atom. The Bertz CT molecular complexity index is 262. The van der Waals surface area contributed by atoms with Gasteiger partial charge in [-0.2, -0.15) is 0 Å². The Balaban J connectivity index is -0.000000141. The molecule has 0 saturated heterocycles. The molecule has 0 rings (SSSR count). The van der Waals surface area contributed by atoms with Crippen molar-refractivity contribution in [2.24, 2.45) is 5.90 Å². The minimum absolute atomic E-state index is 0. The summed E-state index contributed by atoms with van der Waals surface area (Å²) in [5.41, 5.74) is -2.66. The van der Waals surface area contributed by atoms with E-state index in [1.54, 1.807) is 0 Å². The predicted octanol–water partition coefficient (Wildman–Crippen LogP) is -13.9. The van der Waals surface area contributed by atoms with Crippen LogP contribution >= 0.6 is 12.4 Å². The molecule has 0 amide bonds. The number of carbonyl (C=O) groups is 3. The van der Waals surface area contributed by atoms with Crippen molar-refractivity contribution < 1.29 is 123 Å². The predicted molar refractivity (Wildman–Crippen MR) is 39.5 cm³/mol. The van der Waals surface area contributed by atoms with Crippen LogP contribution in [0.5, 0.6) is 0 Å². The van der Waals surface area contributed by atoms with Crippen LogP contribution in [0.15, 0.2) is 0 Å². The second-order valence-corrected chi connectivity index (χ2v) is 2.50. The zero-order valence-electron chi connectivity index (χ0n) is 10.3. The van der Waals surface area contributed by atoms with Crippen LogP contribution < -0.4 is 110 Å². The average Bonchev–Trinajstić information content (AvgIpc) is 2.00. The van der Waals surface area contributed by atoms with Gasteiger partial charge in [0.15, 0.2) is 0 Å². The molecule has 0 aromatic rings. The molecular formula is C6H7ClNNa3O7. The van der Waals surface area contributed by atoms with Gasteiger partial charge in [-0.15, -0.1) is 12.4 Å². The Labute approximate surface area is 175 Å². The summed E-state index contributed by atoms with van der Waals surface area (Å²) in [4.78, 5) is 34.5.